The quantitative estimate of drug-likeness (QED) is 0.265. The summed E-state index contributed by atoms with van der Waals surface area (Å²) in [5, 5.41) is 5.48. The Morgan fingerprint density at radius 3 is 1.82 bits per heavy atom. The predicted octanol–water partition coefficient (Wildman–Crippen LogP) is 4.31. The van der Waals surface area contributed by atoms with Crippen molar-refractivity contribution in [2.45, 2.75) is 19.7 Å². The van der Waals surface area contributed by atoms with Gasteiger partial charge in [-0.3, -0.25) is 9.59 Å². The number of ether oxygens (including phenoxy) is 2. The molecule has 3 rings (SSSR count). The lowest BCUT2D eigenvalue weighted by Crippen LogP contribution is -2.34. The Hall–Kier alpha value is -4.20. The first-order valence-electron chi connectivity index (χ1n) is 10.4. The van der Waals surface area contributed by atoms with Gasteiger partial charge in [0.2, 0.25) is 0 Å². The van der Waals surface area contributed by atoms with Crippen LogP contribution in [0.1, 0.15) is 16.7 Å². The molecule has 0 fully saturated rings. The molecule has 0 spiro atoms. The summed E-state index contributed by atoms with van der Waals surface area (Å²) >= 11 is 0. The van der Waals surface area contributed by atoms with Gasteiger partial charge in [-0.25, -0.2) is 0 Å². The van der Waals surface area contributed by atoms with Crippen molar-refractivity contribution in [3.05, 3.63) is 101 Å². The van der Waals surface area contributed by atoms with Crippen LogP contribution < -0.4 is 20.1 Å². The molecule has 2 N–H and O–H groups in total. The third kappa shape index (κ3) is 7.16. The fourth-order valence-electron chi connectivity index (χ4n) is 3.12. The SMILES string of the molecule is COc1cc(C=C(C(=O)NCc2ccccc2)C(=O)NCc2ccccc2)ccc1OC(F)F. The van der Waals surface area contributed by atoms with Crippen molar-refractivity contribution in [2.24, 2.45) is 0 Å². The standard InChI is InChI=1S/C26H24F2N2O4/c1-33-23-15-20(12-13-22(23)34-26(27)28)14-21(24(31)29-16-18-8-4-2-5-9-18)25(32)30-17-19-10-6-3-7-11-19/h2-15,26H,16-17H2,1H3,(H,29,31)(H,30,32). The first kappa shape index (κ1) is 24.4. The Morgan fingerprint density at radius 2 is 1.35 bits per heavy atom. The van der Waals surface area contributed by atoms with Gasteiger partial charge in [0.1, 0.15) is 5.57 Å². The van der Waals surface area contributed by atoms with Crippen LogP contribution in [-0.4, -0.2) is 25.5 Å². The Kier molecular flexibility index (Phi) is 8.73. The zero-order valence-corrected chi connectivity index (χ0v) is 18.5. The third-order valence-corrected chi connectivity index (χ3v) is 4.80. The van der Waals surface area contributed by atoms with E-state index >= 15 is 0 Å². The molecule has 2 amide bonds. The molecular weight excluding hydrogens is 442 g/mol. The third-order valence-electron chi connectivity index (χ3n) is 4.80. The van der Waals surface area contributed by atoms with Crippen LogP contribution in [0.2, 0.25) is 0 Å². The number of carbonyl (C=O) groups excluding carboxylic acids is 2. The van der Waals surface area contributed by atoms with E-state index in [1.165, 1.54) is 31.4 Å². The lowest BCUT2D eigenvalue weighted by molar-refractivity contribution is -0.123. The maximum absolute atomic E-state index is 12.9. The fourth-order valence-corrected chi connectivity index (χ4v) is 3.12. The Bertz CT molecular complexity index is 1080. The van der Waals surface area contributed by atoms with Gasteiger partial charge in [0.05, 0.1) is 7.11 Å². The van der Waals surface area contributed by atoms with Crippen LogP contribution in [0.4, 0.5) is 8.78 Å². The van der Waals surface area contributed by atoms with Crippen molar-refractivity contribution < 1.29 is 27.8 Å². The second kappa shape index (κ2) is 12.2. The van der Waals surface area contributed by atoms with Crippen molar-refractivity contribution >= 4 is 17.9 Å². The number of rotatable bonds is 10. The van der Waals surface area contributed by atoms with E-state index in [4.69, 9.17) is 4.74 Å². The first-order valence-corrected chi connectivity index (χ1v) is 10.4. The van der Waals surface area contributed by atoms with Crippen molar-refractivity contribution in [2.75, 3.05) is 7.11 Å². The minimum atomic E-state index is -3.02. The molecule has 0 bridgehead atoms. The summed E-state index contributed by atoms with van der Waals surface area (Å²) in [4.78, 5) is 25.9. The fraction of sp³-hybridized carbons (Fsp3) is 0.154. The molecule has 0 saturated heterocycles. The minimum Gasteiger partial charge on any atom is -0.493 e. The number of benzene rings is 3. The largest absolute Gasteiger partial charge is 0.493 e. The van der Waals surface area contributed by atoms with Crippen molar-refractivity contribution in [1.82, 2.24) is 10.6 Å². The summed E-state index contributed by atoms with van der Waals surface area (Å²) in [7, 11) is 1.31. The van der Waals surface area contributed by atoms with E-state index in [0.717, 1.165) is 11.1 Å². The Labute approximate surface area is 196 Å². The smallest absolute Gasteiger partial charge is 0.387 e. The van der Waals surface area contributed by atoms with Gasteiger partial charge in [-0.1, -0.05) is 66.7 Å². The normalized spacial score (nSPS) is 10.4. The monoisotopic (exact) mass is 466 g/mol. The molecule has 0 unspecified atom stereocenters. The van der Waals surface area contributed by atoms with Crippen LogP contribution in [0.15, 0.2) is 84.4 Å². The van der Waals surface area contributed by atoms with Crippen LogP contribution in [-0.2, 0) is 22.7 Å². The van der Waals surface area contributed by atoms with Gasteiger partial charge in [0, 0.05) is 13.1 Å². The van der Waals surface area contributed by atoms with Crippen molar-refractivity contribution in [1.29, 1.82) is 0 Å². The van der Waals surface area contributed by atoms with E-state index in [9.17, 15) is 18.4 Å². The summed E-state index contributed by atoms with van der Waals surface area (Å²) in [5.74, 6) is -1.27. The maximum Gasteiger partial charge on any atom is 0.387 e. The lowest BCUT2D eigenvalue weighted by Gasteiger charge is -2.12. The number of nitrogens with one attached hydrogen (secondary N) is 2. The van der Waals surface area contributed by atoms with Crippen LogP contribution >= 0.6 is 0 Å². The number of methoxy groups -OCH3 is 1. The highest BCUT2D eigenvalue weighted by Gasteiger charge is 2.19. The van der Waals surface area contributed by atoms with Crippen LogP contribution in [0.5, 0.6) is 11.5 Å². The van der Waals surface area contributed by atoms with E-state index in [-0.39, 0.29) is 30.2 Å². The summed E-state index contributed by atoms with van der Waals surface area (Å²) in [6.07, 6.45) is 1.37. The number of amides is 2. The Morgan fingerprint density at radius 1 is 0.824 bits per heavy atom. The highest BCUT2D eigenvalue weighted by Crippen LogP contribution is 2.30. The van der Waals surface area contributed by atoms with Gasteiger partial charge in [-0.15, -0.1) is 0 Å². The minimum absolute atomic E-state index is 0.0442. The molecule has 176 valence electrons. The number of carbonyl (C=O) groups is 2. The number of alkyl halides is 2. The van der Waals surface area contributed by atoms with Crippen LogP contribution in [0.3, 0.4) is 0 Å². The zero-order valence-electron chi connectivity index (χ0n) is 18.5. The molecule has 6 nitrogen and oxygen atoms in total. The van der Waals surface area contributed by atoms with Crippen molar-refractivity contribution in [3.8, 4) is 11.5 Å². The summed E-state index contributed by atoms with van der Waals surface area (Å²) in [6, 6.07) is 22.7. The van der Waals surface area contributed by atoms with Gasteiger partial charge < -0.3 is 20.1 Å². The highest BCUT2D eigenvalue weighted by atomic mass is 19.3. The van der Waals surface area contributed by atoms with Gasteiger partial charge in [-0.2, -0.15) is 8.78 Å². The lowest BCUT2D eigenvalue weighted by atomic mass is 10.1. The molecule has 0 aliphatic rings. The van der Waals surface area contributed by atoms with E-state index in [0.29, 0.717) is 5.56 Å². The second-order valence-electron chi connectivity index (χ2n) is 7.18. The number of hydrogen-bond acceptors (Lipinski definition) is 4. The first-order chi connectivity index (χ1) is 16.5. The van der Waals surface area contributed by atoms with E-state index < -0.39 is 18.4 Å². The van der Waals surface area contributed by atoms with Gasteiger partial charge in [-0.05, 0) is 34.9 Å². The molecule has 0 aliphatic heterocycles. The molecule has 3 aromatic rings. The molecule has 0 atom stereocenters. The molecule has 0 saturated carbocycles. The Balaban J connectivity index is 1.84. The molecular formula is C26H24F2N2O4. The zero-order chi connectivity index (χ0) is 24.3. The predicted molar refractivity (Wildman–Crippen MR) is 124 cm³/mol. The average molecular weight is 466 g/mol. The molecule has 34 heavy (non-hydrogen) atoms. The highest BCUT2D eigenvalue weighted by molar-refractivity contribution is 6.21. The summed E-state index contributed by atoms with van der Waals surface area (Å²) < 4.78 is 34.8. The second-order valence-corrected chi connectivity index (χ2v) is 7.18. The van der Waals surface area contributed by atoms with Gasteiger partial charge in [0.15, 0.2) is 11.5 Å². The topological polar surface area (TPSA) is 76.7 Å². The average Bonchev–Trinajstić information content (AvgIpc) is 2.86. The molecule has 0 aromatic heterocycles. The molecule has 0 aliphatic carbocycles. The van der Waals surface area contributed by atoms with Crippen LogP contribution in [0, 0.1) is 0 Å². The molecule has 3 aromatic carbocycles. The van der Waals surface area contributed by atoms with E-state index in [2.05, 4.69) is 15.4 Å². The van der Waals surface area contributed by atoms with Crippen molar-refractivity contribution in [3.63, 3.8) is 0 Å². The van der Waals surface area contributed by atoms with Crippen LogP contribution in [0.25, 0.3) is 6.08 Å². The number of hydrogen-bond donors (Lipinski definition) is 2. The van der Waals surface area contributed by atoms with E-state index in [1.54, 1.807) is 0 Å². The maximum atomic E-state index is 12.9. The number of halogens is 2. The molecule has 0 heterocycles. The summed E-state index contributed by atoms with van der Waals surface area (Å²) in [5.41, 5.74) is 2.00. The van der Waals surface area contributed by atoms with E-state index in [1.807, 2.05) is 60.7 Å². The molecule has 0 radical (unpaired) electrons. The summed E-state index contributed by atoms with van der Waals surface area (Å²) in [6.45, 7) is -2.56. The van der Waals surface area contributed by atoms with Gasteiger partial charge in [0.25, 0.3) is 11.8 Å². The van der Waals surface area contributed by atoms with Gasteiger partial charge >= 0.3 is 6.61 Å². The molecule has 8 heteroatoms.